The number of hydrogen-bond acceptors (Lipinski definition) is 6. The van der Waals surface area contributed by atoms with Gasteiger partial charge in [0.15, 0.2) is 5.82 Å². The maximum atomic E-state index is 12.6. The number of piperazine rings is 1. The molecule has 2 heterocycles. The van der Waals surface area contributed by atoms with Crippen LogP contribution in [0.4, 0.5) is 5.82 Å². The van der Waals surface area contributed by atoms with Crippen LogP contribution in [-0.4, -0.2) is 61.4 Å². The van der Waals surface area contributed by atoms with E-state index >= 15 is 0 Å². The Bertz CT molecular complexity index is 810. The molecule has 0 atom stereocenters. The van der Waals surface area contributed by atoms with E-state index in [-0.39, 0.29) is 12.5 Å². The molecule has 1 aromatic heterocycles. The zero-order valence-corrected chi connectivity index (χ0v) is 14.7. The van der Waals surface area contributed by atoms with E-state index < -0.39 is 10.0 Å². The highest BCUT2D eigenvalue weighted by Crippen LogP contribution is 2.18. The second-order valence-electron chi connectivity index (χ2n) is 5.93. The molecule has 1 aromatic carbocycles. The molecule has 0 saturated carbocycles. The summed E-state index contributed by atoms with van der Waals surface area (Å²) in [4.78, 5) is 14.2. The van der Waals surface area contributed by atoms with Crippen LogP contribution >= 0.6 is 0 Å². The van der Waals surface area contributed by atoms with Crippen LogP contribution in [0.25, 0.3) is 0 Å². The number of sulfonamides is 1. The Kier molecular flexibility index (Phi) is 5.16. The van der Waals surface area contributed by atoms with E-state index in [1.807, 2.05) is 11.8 Å². The number of carbonyl (C=O) groups excluding carboxylic acids is 1. The molecule has 1 amide bonds. The summed E-state index contributed by atoms with van der Waals surface area (Å²) in [5, 5.41) is 6.24. The van der Waals surface area contributed by atoms with Crippen molar-refractivity contribution in [3.05, 3.63) is 42.2 Å². The summed E-state index contributed by atoms with van der Waals surface area (Å²) >= 11 is 0. The van der Waals surface area contributed by atoms with Gasteiger partial charge < -0.3 is 9.84 Å². The lowest BCUT2D eigenvalue weighted by Gasteiger charge is -2.33. The van der Waals surface area contributed by atoms with E-state index in [9.17, 15) is 13.2 Å². The summed E-state index contributed by atoms with van der Waals surface area (Å²) in [5.41, 5.74) is 1.02. The Morgan fingerprint density at radius 2 is 1.84 bits per heavy atom. The molecule has 0 bridgehead atoms. The molecule has 3 rings (SSSR count). The third-order valence-electron chi connectivity index (χ3n) is 4.06. The van der Waals surface area contributed by atoms with Gasteiger partial charge in [0.05, 0.1) is 11.4 Å². The molecule has 0 unspecified atom stereocenters. The van der Waals surface area contributed by atoms with E-state index in [2.05, 4.69) is 15.0 Å². The number of carbonyl (C=O) groups is 1. The van der Waals surface area contributed by atoms with Crippen molar-refractivity contribution >= 4 is 21.7 Å². The fraction of sp³-hybridized carbons (Fsp3) is 0.375. The first kappa shape index (κ1) is 17.6. The average molecular weight is 364 g/mol. The molecule has 0 spiro atoms. The molecule has 0 aliphatic carbocycles. The molecule has 1 saturated heterocycles. The number of nitrogens with zero attached hydrogens (tertiary/aromatic N) is 3. The molecule has 134 valence electrons. The van der Waals surface area contributed by atoms with E-state index in [1.54, 1.807) is 30.3 Å². The van der Waals surface area contributed by atoms with Gasteiger partial charge in [-0.3, -0.25) is 9.69 Å². The molecule has 1 N–H and O–H groups in total. The minimum atomic E-state index is -3.49. The van der Waals surface area contributed by atoms with Crippen molar-refractivity contribution < 1.29 is 17.7 Å². The van der Waals surface area contributed by atoms with Gasteiger partial charge in [0.1, 0.15) is 6.26 Å². The average Bonchev–Trinajstić information content (AvgIpc) is 3.08. The molecule has 1 fully saturated rings. The van der Waals surface area contributed by atoms with Gasteiger partial charge in [-0.2, -0.15) is 4.31 Å². The lowest BCUT2D eigenvalue weighted by molar-refractivity contribution is -0.117. The van der Waals surface area contributed by atoms with Crippen LogP contribution in [0.15, 0.2) is 46.0 Å². The van der Waals surface area contributed by atoms with E-state index in [0.29, 0.717) is 36.9 Å². The van der Waals surface area contributed by atoms with Crippen LogP contribution in [0.1, 0.15) is 5.56 Å². The maximum Gasteiger partial charge on any atom is 0.243 e. The molecule has 1 aliphatic rings. The first-order valence-electron chi connectivity index (χ1n) is 7.94. The zero-order valence-electron chi connectivity index (χ0n) is 13.9. The van der Waals surface area contributed by atoms with Crippen LogP contribution in [0, 0.1) is 6.92 Å². The van der Waals surface area contributed by atoms with Crippen molar-refractivity contribution in [2.24, 2.45) is 0 Å². The predicted molar refractivity (Wildman–Crippen MR) is 91.5 cm³/mol. The number of anilines is 1. The largest absolute Gasteiger partial charge is 0.363 e. The van der Waals surface area contributed by atoms with Gasteiger partial charge in [0.25, 0.3) is 0 Å². The maximum absolute atomic E-state index is 12.6. The molecule has 25 heavy (non-hydrogen) atoms. The minimum absolute atomic E-state index is 0.186. The third-order valence-corrected chi connectivity index (χ3v) is 5.98. The molecule has 9 heteroatoms. The predicted octanol–water partition coefficient (Wildman–Crippen LogP) is 0.928. The van der Waals surface area contributed by atoms with Crippen LogP contribution in [-0.2, 0) is 14.8 Å². The van der Waals surface area contributed by atoms with Crippen molar-refractivity contribution in [1.29, 1.82) is 0 Å². The summed E-state index contributed by atoms with van der Waals surface area (Å²) in [5.74, 6) is 0.161. The van der Waals surface area contributed by atoms with Crippen molar-refractivity contribution in [3.63, 3.8) is 0 Å². The number of hydrogen-bond donors (Lipinski definition) is 1. The number of aryl methyl sites for hydroxylation is 1. The highest BCUT2D eigenvalue weighted by atomic mass is 32.2. The number of rotatable bonds is 5. The second-order valence-corrected chi connectivity index (χ2v) is 7.86. The minimum Gasteiger partial charge on any atom is -0.363 e. The Morgan fingerprint density at radius 1 is 1.16 bits per heavy atom. The normalized spacial score (nSPS) is 16.7. The van der Waals surface area contributed by atoms with Gasteiger partial charge in [-0.05, 0) is 19.1 Å². The summed E-state index contributed by atoms with van der Waals surface area (Å²) in [6.45, 7) is 3.81. The Hall–Kier alpha value is -2.23. The van der Waals surface area contributed by atoms with Crippen molar-refractivity contribution in [3.8, 4) is 0 Å². The van der Waals surface area contributed by atoms with Crippen molar-refractivity contribution in [1.82, 2.24) is 14.4 Å². The van der Waals surface area contributed by atoms with Gasteiger partial charge in [0, 0.05) is 32.2 Å². The van der Waals surface area contributed by atoms with Crippen molar-refractivity contribution in [2.75, 3.05) is 38.0 Å². The summed E-state index contributed by atoms with van der Waals surface area (Å²) < 4.78 is 31.4. The van der Waals surface area contributed by atoms with Crippen LogP contribution < -0.4 is 5.32 Å². The number of benzene rings is 1. The van der Waals surface area contributed by atoms with Crippen LogP contribution in [0.5, 0.6) is 0 Å². The number of amides is 1. The highest BCUT2D eigenvalue weighted by Gasteiger charge is 2.29. The summed E-state index contributed by atoms with van der Waals surface area (Å²) in [7, 11) is -3.49. The van der Waals surface area contributed by atoms with Gasteiger partial charge in [-0.1, -0.05) is 22.9 Å². The molecular formula is C16H20N4O4S. The fourth-order valence-corrected chi connectivity index (χ4v) is 4.07. The fourth-order valence-electron chi connectivity index (χ4n) is 2.65. The third kappa shape index (κ3) is 4.25. The first-order valence-corrected chi connectivity index (χ1v) is 9.38. The molecule has 0 radical (unpaired) electrons. The first-order chi connectivity index (χ1) is 11.9. The monoisotopic (exact) mass is 364 g/mol. The second kappa shape index (κ2) is 7.34. The molecule has 1 aliphatic heterocycles. The molecule has 8 nitrogen and oxygen atoms in total. The van der Waals surface area contributed by atoms with Crippen LogP contribution in [0.2, 0.25) is 0 Å². The molecular weight excluding hydrogens is 344 g/mol. The SMILES string of the molecule is Cc1ccc(S(=O)(=O)N2CCN(CC(=O)Nc3ccon3)CC2)cc1. The number of nitrogens with one attached hydrogen (secondary N) is 1. The van der Waals surface area contributed by atoms with Gasteiger partial charge in [0.2, 0.25) is 15.9 Å². The van der Waals surface area contributed by atoms with E-state index in [4.69, 9.17) is 0 Å². The van der Waals surface area contributed by atoms with E-state index in [1.165, 1.54) is 10.6 Å². The Balaban J connectivity index is 1.54. The van der Waals surface area contributed by atoms with E-state index in [0.717, 1.165) is 5.56 Å². The molecule has 2 aromatic rings. The highest BCUT2D eigenvalue weighted by molar-refractivity contribution is 7.89. The Labute approximate surface area is 146 Å². The number of aromatic nitrogens is 1. The van der Waals surface area contributed by atoms with Crippen LogP contribution in [0.3, 0.4) is 0 Å². The van der Waals surface area contributed by atoms with Gasteiger partial charge >= 0.3 is 0 Å². The summed E-state index contributed by atoms with van der Waals surface area (Å²) in [6.07, 6.45) is 1.38. The lowest BCUT2D eigenvalue weighted by Crippen LogP contribution is -2.50. The topological polar surface area (TPSA) is 95.8 Å². The Morgan fingerprint density at radius 3 is 2.44 bits per heavy atom. The van der Waals surface area contributed by atoms with Gasteiger partial charge in [-0.15, -0.1) is 0 Å². The summed E-state index contributed by atoms with van der Waals surface area (Å²) in [6, 6.07) is 8.39. The smallest absolute Gasteiger partial charge is 0.243 e. The quantitative estimate of drug-likeness (QED) is 0.848. The lowest BCUT2D eigenvalue weighted by atomic mass is 10.2. The van der Waals surface area contributed by atoms with Crippen molar-refractivity contribution in [2.45, 2.75) is 11.8 Å². The standard InChI is InChI=1S/C16H20N4O4S/c1-13-2-4-14(5-3-13)25(22,23)20-9-7-19(8-10-20)12-16(21)17-15-6-11-24-18-15/h2-6,11H,7-10,12H2,1H3,(H,17,18,21). The zero-order chi connectivity index (χ0) is 17.9. The van der Waals surface area contributed by atoms with Gasteiger partial charge in [-0.25, -0.2) is 8.42 Å².